The summed E-state index contributed by atoms with van der Waals surface area (Å²) in [6.45, 7) is 0.311. The van der Waals surface area contributed by atoms with Crippen LogP contribution in [0.1, 0.15) is 16.1 Å². The number of halogens is 1. The van der Waals surface area contributed by atoms with Crippen LogP contribution in [0.4, 0.5) is 10.5 Å². The van der Waals surface area contributed by atoms with Gasteiger partial charge in [-0.25, -0.2) is 14.6 Å². The monoisotopic (exact) mass is 355 g/mol. The van der Waals surface area contributed by atoms with E-state index in [1.165, 1.54) is 23.5 Å². The van der Waals surface area contributed by atoms with Crippen LogP contribution >= 0.6 is 27.3 Å². The molecule has 1 aromatic carbocycles. The summed E-state index contributed by atoms with van der Waals surface area (Å²) in [7, 11) is 0. The van der Waals surface area contributed by atoms with Crippen molar-refractivity contribution >= 4 is 45.0 Å². The van der Waals surface area contributed by atoms with E-state index < -0.39 is 12.0 Å². The third-order valence-corrected chi connectivity index (χ3v) is 3.70. The van der Waals surface area contributed by atoms with Gasteiger partial charge in [0.2, 0.25) is 0 Å². The Morgan fingerprint density at radius 2 is 2.20 bits per heavy atom. The quantitative estimate of drug-likeness (QED) is 0.786. The van der Waals surface area contributed by atoms with Crippen LogP contribution < -0.4 is 10.6 Å². The number of aromatic carboxylic acids is 1. The molecular formula is C12H10BrN3O3S. The number of hydrogen-bond donors (Lipinski definition) is 3. The first-order valence-electron chi connectivity index (χ1n) is 5.51. The first-order valence-corrected chi connectivity index (χ1v) is 7.24. The number of anilines is 1. The molecule has 0 radical (unpaired) electrons. The fraction of sp³-hybridized carbons (Fsp3) is 0.0833. The lowest BCUT2D eigenvalue weighted by Gasteiger charge is -2.09. The van der Waals surface area contributed by atoms with E-state index in [1.807, 2.05) is 5.38 Å². The molecule has 0 fully saturated rings. The second kappa shape index (κ2) is 6.49. The number of benzene rings is 1. The average Bonchev–Trinajstić information content (AvgIpc) is 2.92. The number of carbonyl (C=O) groups is 2. The minimum atomic E-state index is -1.05. The first-order chi connectivity index (χ1) is 9.56. The molecule has 8 heteroatoms. The summed E-state index contributed by atoms with van der Waals surface area (Å²) >= 11 is 4.70. The molecule has 0 saturated carbocycles. The van der Waals surface area contributed by atoms with Crippen molar-refractivity contribution in [3.8, 4) is 0 Å². The molecule has 0 spiro atoms. The number of carbonyl (C=O) groups excluding carboxylic acids is 1. The number of nitrogens with one attached hydrogen (secondary N) is 2. The topological polar surface area (TPSA) is 91.3 Å². The zero-order valence-corrected chi connectivity index (χ0v) is 12.5. The van der Waals surface area contributed by atoms with E-state index in [4.69, 9.17) is 5.11 Å². The van der Waals surface area contributed by atoms with Gasteiger partial charge >= 0.3 is 12.0 Å². The molecule has 0 atom stereocenters. The molecule has 2 amide bonds. The Morgan fingerprint density at radius 1 is 1.40 bits per heavy atom. The Morgan fingerprint density at radius 3 is 2.85 bits per heavy atom. The molecule has 0 saturated heterocycles. The van der Waals surface area contributed by atoms with Crippen LogP contribution in [0, 0.1) is 0 Å². The number of urea groups is 1. The molecule has 0 aliphatic carbocycles. The predicted molar refractivity (Wildman–Crippen MR) is 79.1 cm³/mol. The fourth-order valence-corrected chi connectivity index (χ4v) is 2.32. The van der Waals surface area contributed by atoms with Gasteiger partial charge in [0, 0.05) is 9.85 Å². The molecule has 0 aliphatic heterocycles. The van der Waals surface area contributed by atoms with Crippen LogP contribution in [-0.2, 0) is 6.54 Å². The number of carboxylic acid groups (broad SMARTS) is 1. The van der Waals surface area contributed by atoms with Crippen LogP contribution in [0.3, 0.4) is 0 Å². The molecule has 104 valence electrons. The maximum absolute atomic E-state index is 11.7. The van der Waals surface area contributed by atoms with Crippen LogP contribution in [0.2, 0.25) is 0 Å². The van der Waals surface area contributed by atoms with E-state index in [0.717, 1.165) is 5.69 Å². The highest BCUT2D eigenvalue weighted by Crippen LogP contribution is 2.23. The van der Waals surface area contributed by atoms with Crippen molar-refractivity contribution in [2.75, 3.05) is 5.32 Å². The first kappa shape index (κ1) is 14.5. The lowest BCUT2D eigenvalue weighted by molar-refractivity contribution is 0.0697. The number of rotatable bonds is 4. The summed E-state index contributed by atoms with van der Waals surface area (Å²) in [6.07, 6.45) is 0. The van der Waals surface area contributed by atoms with Crippen LogP contribution in [0.5, 0.6) is 0 Å². The van der Waals surface area contributed by atoms with Gasteiger partial charge in [-0.2, -0.15) is 0 Å². The van der Waals surface area contributed by atoms with E-state index in [1.54, 1.807) is 11.6 Å². The molecule has 0 unspecified atom stereocenters. The number of hydrogen-bond acceptors (Lipinski definition) is 4. The third kappa shape index (κ3) is 3.78. The van der Waals surface area contributed by atoms with Crippen molar-refractivity contribution in [2.45, 2.75) is 6.54 Å². The number of amides is 2. The lowest BCUT2D eigenvalue weighted by Crippen LogP contribution is -2.28. The van der Waals surface area contributed by atoms with Gasteiger partial charge in [-0.3, -0.25) is 0 Å². The maximum Gasteiger partial charge on any atom is 0.335 e. The van der Waals surface area contributed by atoms with Gasteiger partial charge in [0.1, 0.15) is 0 Å². The number of nitrogens with zero attached hydrogens (tertiary/aromatic N) is 1. The summed E-state index contributed by atoms with van der Waals surface area (Å²) in [5.41, 5.74) is 2.94. The summed E-state index contributed by atoms with van der Waals surface area (Å²) in [4.78, 5) is 26.6. The van der Waals surface area contributed by atoms with Gasteiger partial charge in [-0.1, -0.05) is 0 Å². The molecule has 1 heterocycles. The fourth-order valence-electron chi connectivity index (χ4n) is 1.42. The zero-order valence-electron chi connectivity index (χ0n) is 10.1. The van der Waals surface area contributed by atoms with Crippen LogP contribution in [0.15, 0.2) is 33.6 Å². The van der Waals surface area contributed by atoms with E-state index in [9.17, 15) is 9.59 Å². The van der Waals surface area contributed by atoms with Crippen LogP contribution in [0.25, 0.3) is 0 Å². The van der Waals surface area contributed by atoms with Gasteiger partial charge < -0.3 is 15.7 Å². The Bertz CT molecular complexity index is 631. The standard InChI is InChI=1S/C12H10BrN3O3S/c13-9-2-1-7(11(17)18)3-10(9)16-12(19)14-4-8-5-20-6-15-8/h1-3,5-6H,4H2,(H,17,18)(H2,14,16,19). The lowest BCUT2D eigenvalue weighted by atomic mass is 10.2. The largest absolute Gasteiger partial charge is 0.478 e. The average molecular weight is 356 g/mol. The minimum Gasteiger partial charge on any atom is -0.478 e. The van der Waals surface area contributed by atoms with E-state index in [0.29, 0.717) is 16.7 Å². The maximum atomic E-state index is 11.7. The molecule has 0 aliphatic rings. The van der Waals surface area contributed by atoms with E-state index in [-0.39, 0.29) is 5.56 Å². The summed E-state index contributed by atoms with van der Waals surface area (Å²) in [6, 6.07) is 3.97. The molecule has 3 N–H and O–H groups in total. The molecule has 0 bridgehead atoms. The second-order valence-electron chi connectivity index (χ2n) is 3.79. The van der Waals surface area contributed by atoms with Crippen molar-refractivity contribution in [1.29, 1.82) is 0 Å². The van der Waals surface area contributed by atoms with E-state index in [2.05, 4.69) is 31.5 Å². The van der Waals surface area contributed by atoms with Crippen molar-refractivity contribution < 1.29 is 14.7 Å². The van der Waals surface area contributed by atoms with E-state index >= 15 is 0 Å². The van der Waals surface area contributed by atoms with Crippen molar-refractivity contribution in [3.05, 3.63) is 44.8 Å². The number of carboxylic acids is 1. The van der Waals surface area contributed by atoms with Gasteiger partial charge in [-0.15, -0.1) is 11.3 Å². The molecule has 6 nitrogen and oxygen atoms in total. The van der Waals surface area contributed by atoms with Gasteiger partial charge in [-0.05, 0) is 34.1 Å². The smallest absolute Gasteiger partial charge is 0.335 e. The highest BCUT2D eigenvalue weighted by atomic mass is 79.9. The highest BCUT2D eigenvalue weighted by Gasteiger charge is 2.09. The Balaban J connectivity index is 2.00. The van der Waals surface area contributed by atoms with Gasteiger partial charge in [0.05, 0.1) is 29.0 Å². The van der Waals surface area contributed by atoms with Gasteiger partial charge in [0.25, 0.3) is 0 Å². The predicted octanol–water partition coefficient (Wildman–Crippen LogP) is 2.93. The Kier molecular flexibility index (Phi) is 4.70. The molecule has 2 aromatic rings. The number of aromatic nitrogens is 1. The Hall–Kier alpha value is -1.93. The highest BCUT2D eigenvalue weighted by molar-refractivity contribution is 9.10. The zero-order chi connectivity index (χ0) is 14.5. The van der Waals surface area contributed by atoms with Crippen LogP contribution in [-0.4, -0.2) is 22.1 Å². The molecule has 20 heavy (non-hydrogen) atoms. The minimum absolute atomic E-state index is 0.100. The Labute approximate surface area is 127 Å². The van der Waals surface area contributed by atoms with Crippen molar-refractivity contribution in [3.63, 3.8) is 0 Å². The SMILES string of the molecule is O=C(NCc1cscn1)Nc1cc(C(=O)O)ccc1Br. The third-order valence-electron chi connectivity index (χ3n) is 2.38. The molecular weight excluding hydrogens is 346 g/mol. The summed E-state index contributed by atoms with van der Waals surface area (Å²) < 4.78 is 0.603. The normalized spacial score (nSPS) is 10.1. The van der Waals surface area contributed by atoms with Gasteiger partial charge in [0.15, 0.2) is 0 Å². The molecule has 1 aromatic heterocycles. The number of thiazole rings is 1. The molecule has 2 rings (SSSR count). The van der Waals surface area contributed by atoms with Crippen molar-refractivity contribution in [2.24, 2.45) is 0 Å². The second-order valence-corrected chi connectivity index (χ2v) is 5.36. The summed E-state index contributed by atoms with van der Waals surface area (Å²) in [5.74, 6) is -1.05. The van der Waals surface area contributed by atoms with Crippen molar-refractivity contribution in [1.82, 2.24) is 10.3 Å². The summed E-state index contributed by atoms with van der Waals surface area (Å²) in [5, 5.41) is 16.0.